The zero-order valence-electron chi connectivity index (χ0n) is 5.32. The minimum absolute atomic E-state index is 0.194. The molecule has 0 aromatic carbocycles. The Labute approximate surface area is 53.9 Å². The van der Waals surface area contributed by atoms with E-state index in [-0.39, 0.29) is 12.1 Å². The fourth-order valence-corrected chi connectivity index (χ4v) is 1.57. The summed E-state index contributed by atoms with van der Waals surface area (Å²) in [5, 5.41) is 3.70. The molecule has 4 atom stereocenters. The van der Waals surface area contributed by atoms with Crippen molar-refractivity contribution in [3.8, 4) is 0 Å². The molecule has 0 spiro atoms. The Morgan fingerprint density at radius 1 is 1.67 bits per heavy atom. The van der Waals surface area contributed by atoms with E-state index in [1.165, 1.54) is 0 Å². The highest BCUT2D eigenvalue weighted by molar-refractivity contribution is 5.65. The minimum atomic E-state index is 0.194. The molecule has 0 amide bonds. The molecule has 1 saturated carbocycles. The highest BCUT2D eigenvalue weighted by Crippen LogP contribution is 2.37. The van der Waals surface area contributed by atoms with E-state index < -0.39 is 0 Å². The Hall–Kier alpha value is -0.570. The molecule has 0 aromatic heterocycles. The number of fused-ring (bicyclic) bond motifs is 1. The summed E-state index contributed by atoms with van der Waals surface area (Å²) in [5.74, 6) is 1.06. The van der Waals surface area contributed by atoms with Crippen molar-refractivity contribution in [3.63, 3.8) is 0 Å². The van der Waals surface area contributed by atoms with Crippen molar-refractivity contribution in [2.45, 2.75) is 19.1 Å². The molecule has 3 nitrogen and oxygen atoms in total. The summed E-state index contributed by atoms with van der Waals surface area (Å²) < 4.78 is 0. The van der Waals surface area contributed by atoms with Crippen LogP contribution in [-0.2, 0) is 4.84 Å². The van der Waals surface area contributed by atoms with E-state index in [9.17, 15) is 0 Å². The summed E-state index contributed by atoms with van der Waals surface area (Å²) in [5.41, 5.74) is 5.70. The van der Waals surface area contributed by atoms with Crippen molar-refractivity contribution < 1.29 is 4.84 Å². The predicted molar refractivity (Wildman–Crippen MR) is 34.0 cm³/mol. The molecule has 1 fully saturated rings. The van der Waals surface area contributed by atoms with Crippen LogP contribution in [-0.4, -0.2) is 18.4 Å². The zero-order chi connectivity index (χ0) is 6.43. The molecule has 3 rings (SSSR count). The van der Waals surface area contributed by atoms with Gasteiger partial charge in [0.2, 0.25) is 0 Å². The molecule has 2 aliphatic heterocycles. The molecular formula is C6H10N2O. The van der Waals surface area contributed by atoms with Gasteiger partial charge in [0.25, 0.3) is 0 Å². The SMILES string of the molecule is CC1C2C=NOC1C2N. The lowest BCUT2D eigenvalue weighted by Crippen LogP contribution is -2.62. The van der Waals surface area contributed by atoms with E-state index in [0.29, 0.717) is 11.8 Å². The minimum Gasteiger partial charge on any atom is -0.391 e. The molecule has 2 bridgehead atoms. The number of hydrogen-bond donors (Lipinski definition) is 1. The van der Waals surface area contributed by atoms with E-state index in [1.807, 2.05) is 6.21 Å². The number of rotatable bonds is 0. The van der Waals surface area contributed by atoms with Crippen molar-refractivity contribution >= 4 is 6.21 Å². The van der Waals surface area contributed by atoms with E-state index in [0.717, 1.165) is 0 Å². The van der Waals surface area contributed by atoms with Crippen molar-refractivity contribution in [2.24, 2.45) is 22.7 Å². The first-order valence-corrected chi connectivity index (χ1v) is 3.25. The van der Waals surface area contributed by atoms with E-state index >= 15 is 0 Å². The summed E-state index contributed by atoms with van der Waals surface area (Å²) >= 11 is 0. The summed E-state index contributed by atoms with van der Waals surface area (Å²) in [7, 11) is 0. The third-order valence-corrected chi connectivity index (χ3v) is 2.36. The second-order valence-corrected chi connectivity index (χ2v) is 2.84. The third-order valence-electron chi connectivity index (χ3n) is 2.36. The molecule has 0 aromatic rings. The van der Waals surface area contributed by atoms with Gasteiger partial charge in [-0.05, 0) is 0 Å². The van der Waals surface area contributed by atoms with Gasteiger partial charge in [0.05, 0.1) is 6.04 Å². The van der Waals surface area contributed by atoms with Crippen LogP contribution in [0.15, 0.2) is 5.16 Å². The highest BCUT2D eigenvalue weighted by atomic mass is 16.6. The average Bonchev–Trinajstić information content (AvgIpc) is 1.91. The van der Waals surface area contributed by atoms with Crippen molar-refractivity contribution in [3.05, 3.63) is 0 Å². The van der Waals surface area contributed by atoms with Gasteiger partial charge < -0.3 is 10.6 Å². The van der Waals surface area contributed by atoms with Crippen molar-refractivity contribution in [2.75, 3.05) is 0 Å². The predicted octanol–water partition coefficient (Wildman–Crippen LogP) is -0.0358. The largest absolute Gasteiger partial charge is 0.391 e. The Kier molecular flexibility index (Phi) is 0.858. The number of hydrogen-bond acceptors (Lipinski definition) is 3. The van der Waals surface area contributed by atoms with E-state index in [1.54, 1.807) is 0 Å². The maximum atomic E-state index is 5.70. The highest BCUT2D eigenvalue weighted by Gasteiger charge is 2.49. The Morgan fingerprint density at radius 2 is 2.44 bits per heavy atom. The van der Waals surface area contributed by atoms with E-state index in [4.69, 9.17) is 10.6 Å². The maximum Gasteiger partial charge on any atom is 0.146 e. The van der Waals surface area contributed by atoms with Crippen LogP contribution in [0, 0.1) is 11.8 Å². The van der Waals surface area contributed by atoms with Gasteiger partial charge in [0, 0.05) is 18.1 Å². The molecule has 0 saturated heterocycles. The van der Waals surface area contributed by atoms with Crippen LogP contribution in [0.5, 0.6) is 0 Å². The second-order valence-electron chi connectivity index (χ2n) is 2.84. The van der Waals surface area contributed by atoms with Crippen molar-refractivity contribution in [1.82, 2.24) is 0 Å². The Balaban J connectivity index is 2.21. The molecule has 1 aliphatic carbocycles. The summed E-state index contributed by atoms with van der Waals surface area (Å²) in [6.07, 6.45) is 2.01. The average molecular weight is 126 g/mol. The van der Waals surface area contributed by atoms with Crippen molar-refractivity contribution in [1.29, 1.82) is 0 Å². The first-order chi connectivity index (χ1) is 4.30. The number of oxime groups is 1. The Morgan fingerprint density at radius 3 is 2.67 bits per heavy atom. The maximum absolute atomic E-state index is 5.70. The van der Waals surface area contributed by atoms with Crippen LogP contribution in [0.1, 0.15) is 6.92 Å². The topological polar surface area (TPSA) is 47.6 Å². The zero-order valence-corrected chi connectivity index (χ0v) is 5.32. The van der Waals surface area contributed by atoms with Crippen LogP contribution < -0.4 is 5.73 Å². The molecule has 3 aliphatic rings. The first-order valence-electron chi connectivity index (χ1n) is 3.25. The summed E-state index contributed by atoms with van der Waals surface area (Å²) in [6, 6.07) is 0.206. The molecule has 4 unspecified atom stereocenters. The van der Waals surface area contributed by atoms with Gasteiger partial charge in [-0.1, -0.05) is 12.1 Å². The standard InChI is InChI=1S/C6H10N2O/c1-3-4-2-8-9-6(3)5(4)7/h2-6H,7H2,1H3. The third kappa shape index (κ3) is 0.477. The lowest BCUT2D eigenvalue weighted by atomic mass is 9.68. The molecule has 2 N–H and O–H groups in total. The van der Waals surface area contributed by atoms with Crippen LogP contribution in [0.4, 0.5) is 0 Å². The molecule has 50 valence electrons. The van der Waals surface area contributed by atoms with Gasteiger partial charge in [0.15, 0.2) is 0 Å². The Bertz CT molecular complexity index is 147. The lowest BCUT2D eigenvalue weighted by Gasteiger charge is -2.47. The molecule has 2 heterocycles. The quantitative estimate of drug-likeness (QED) is 0.495. The van der Waals surface area contributed by atoms with Crippen LogP contribution in [0.3, 0.4) is 0 Å². The molecule has 0 radical (unpaired) electrons. The van der Waals surface area contributed by atoms with Gasteiger partial charge in [0.1, 0.15) is 6.10 Å². The molecule has 9 heavy (non-hydrogen) atoms. The first kappa shape index (κ1) is 5.23. The molecular weight excluding hydrogens is 116 g/mol. The smallest absolute Gasteiger partial charge is 0.146 e. The lowest BCUT2D eigenvalue weighted by molar-refractivity contribution is -0.0934. The second kappa shape index (κ2) is 1.48. The van der Waals surface area contributed by atoms with E-state index in [2.05, 4.69) is 12.1 Å². The van der Waals surface area contributed by atoms with Gasteiger partial charge in [-0.3, -0.25) is 0 Å². The number of nitrogens with two attached hydrogens (primary N) is 1. The van der Waals surface area contributed by atoms with Gasteiger partial charge in [-0.15, -0.1) is 0 Å². The summed E-state index contributed by atoms with van der Waals surface area (Å²) in [4.78, 5) is 5.01. The van der Waals surface area contributed by atoms with Gasteiger partial charge in [-0.2, -0.15) is 0 Å². The monoisotopic (exact) mass is 126 g/mol. The van der Waals surface area contributed by atoms with Crippen LogP contribution in [0.25, 0.3) is 0 Å². The summed E-state index contributed by atoms with van der Waals surface area (Å²) in [6.45, 7) is 2.14. The fourth-order valence-electron chi connectivity index (χ4n) is 1.57. The van der Waals surface area contributed by atoms with Gasteiger partial charge in [-0.25, -0.2) is 0 Å². The normalized spacial score (nSPS) is 54.0. The van der Waals surface area contributed by atoms with Crippen LogP contribution in [0.2, 0.25) is 0 Å². The van der Waals surface area contributed by atoms with Gasteiger partial charge >= 0.3 is 0 Å². The fraction of sp³-hybridized carbons (Fsp3) is 0.833. The van der Waals surface area contributed by atoms with Crippen LogP contribution >= 0.6 is 0 Å². The number of nitrogens with zero attached hydrogens (tertiary/aromatic N) is 1. The molecule has 3 heteroatoms.